The molecule has 0 spiro atoms. The summed E-state index contributed by atoms with van der Waals surface area (Å²) in [5.41, 5.74) is 5.32. The van der Waals surface area contributed by atoms with E-state index in [9.17, 15) is 8.42 Å². The zero-order valence-corrected chi connectivity index (χ0v) is 19.8. The molecule has 0 unspecified atom stereocenters. The van der Waals surface area contributed by atoms with E-state index in [4.69, 9.17) is 8.97 Å². The molecule has 0 aliphatic rings. The highest BCUT2D eigenvalue weighted by Gasteiger charge is 2.18. The minimum absolute atomic E-state index is 0.274. The molecule has 0 saturated heterocycles. The quantitative estimate of drug-likeness (QED) is 0.260. The van der Waals surface area contributed by atoms with Gasteiger partial charge in [-0.25, -0.2) is 4.98 Å². The monoisotopic (exact) mass is 473 g/mol. The van der Waals surface area contributed by atoms with E-state index in [1.54, 1.807) is 6.20 Å². The zero-order chi connectivity index (χ0) is 23.9. The number of aromatic nitrogens is 2. The van der Waals surface area contributed by atoms with Crippen LogP contribution in [0.2, 0.25) is 0 Å². The van der Waals surface area contributed by atoms with Gasteiger partial charge in [0.2, 0.25) is 11.4 Å². The van der Waals surface area contributed by atoms with Crippen molar-refractivity contribution in [1.29, 1.82) is 0 Å². The van der Waals surface area contributed by atoms with Gasteiger partial charge < -0.3 is 4.42 Å². The Morgan fingerprint density at radius 3 is 2.65 bits per heavy atom. The normalized spacial score (nSPS) is 12.0. The van der Waals surface area contributed by atoms with Crippen molar-refractivity contribution in [3.63, 3.8) is 0 Å². The van der Waals surface area contributed by atoms with E-state index < -0.39 is 10.1 Å². The molecule has 0 aliphatic heterocycles. The third-order valence-electron chi connectivity index (χ3n) is 6.31. The molecule has 3 aromatic carbocycles. The van der Waals surface area contributed by atoms with Crippen molar-refractivity contribution in [1.82, 2.24) is 4.98 Å². The molecule has 0 aliphatic carbocycles. The highest BCUT2D eigenvalue weighted by Crippen LogP contribution is 2.32. The van der Waals surface area contributed by atoms with Gasteiger partial charge in [0.05, 0.1) is 22.9 Å². The van der Waals surface area contributed by atoms with E-state index in [1.165, 1.54) is 16.5 Å². The fourth-order valence-corrected chi connectivity index (χ4v) is 4.86. The van der Waals surface area contributed by atoms with Gasteiger partial charge in [0, 0.05) is 24.1 Å². The molecule has 6 nitrogen and oxygen atoms in total. The number of aryl methyl sites for hydroxylation is 3. The number of fused-ring (bicyclic) bond motifs is 2. The van der Waals surface area contributed by atoms with Gasteiger partial charge in [-0.3, -0.25) is 4.55 Å². The van der Waals surface area contributed by atoms with Crippen LogP contribution in [0.1, 0.15) is 17.5 Å². The van der Waals surface area contributed by atoms with E-state index >= 15 is 0 Å². The van der Waals surface area contributed by atoms with E-state index in [-0.39, 0.29) is 5.75 Å². The fraction of sp³-hybridized carbons (Fsp3) is 0.185. The first kappa shape index (κ1) is 22.3. The smallest absolute Gasteiger partial charge is 0.265 e. The first-order valence-electron chi connectivity index (χ1n) is 11.1. The maximum absolute atomic E-state index is 11.1. The summed E-state index contributed by atoms with van der Waals surface area (Å²) >= 11 is 0. The minimum atomic E-state index is -3.98. The van der Waals surface area contributed by atoms with Gasteiger partial charge in [-0.15, -0.1) is 0 Å². The van der Waals surface area contributed by atoms with Crippen LogP contribution in [0.3, 0.4) is 0 Å². The average Bonchev–Trinajstić information content (AvgIpc) is 3.31. The first-order chi connectivity index (χ1) is 16.3. The van der Waals surface area contributed by atoms with Crippen LogP contribution < -0.4 is 4.57 Å². The Bertz CT molecular complexity index is 1640. The molecule has 172 valence electrons. The second-order valence-electron chi connectivity index (χ2n) is 8.55. The van der Waals surface area contributed by atoms with Gasteiger partial charge in [-0.05, 0) is 47.9 Å². The van der Waals surface area contributed by atoms with Crippen molar-refractivity contribution < 1.29 is 22.0 Å². The minimum Gasteiger partial charge on any atom is -0.436 e. The standard InChI is InChI=1S/C27H24N2O4S/c1-18-8-9-20-16-21(10-11-22(20)19(18)2)26-17-28-27(33-26)24-12-14-29(13-5-15-34(30,31)32)25-7-4-3-6-23(24)25/h3-4,6-12,14,16-17H,5,13,15H2,1-2H3/p+1. The largest absolute Gasteiger partial charge is 0.436 e. The van der Waals surface area contributed by atoms with Crippen LogP contribution >= 0.6 is 0 Å². The van der Waals surface area contributed by atoms with Crippen molar-refractivity contribution in [3.05, 3.63) is 84.2 Å². The fourth-order valence-electron chi connectivity index (χ4n) is 4.36. The van der Waals surface area contributed by atoms with Crippen LogP contribution in [-0.4, -0.2) is 23.7 Å². The summed E-state index contributed by atoms with van der Waals surface area (Å²) in [6, 6.07) is 20.4. The van der Waals surface area contributed by atoms with Crippen molar-refractivity contribution in [2.75, 3.05) is 5.75 Å². The Hall–Kier alpha value is -3.55. The molecule has 5 aromatic rings. The van der Waals surface area contributed by atoms with Gasteiger partial charge in [-0.2, -0.15) is 13.0 Å². The summed E-state index contributed by atoms with van der Waals surface area (Å²) in [4.78, 5) is 4.56. The number of para-hydroxylation sites is 1. The molecule has 7 heteroatoms. The van der Waals surface area contributed by atoms with Crippen LogP contribution in [0, 0.1) is 13.8 Å². The molecule has 0 amide bonds. The lowest BCUT2D eigenvalue weighted by Gasteiger charge is -2.07. The summed E-state index contributed by atoms with van der Waals surface area (Å²) in [6.07, 6.45) is 3.96. The number of rotatable bonds is 6. The average molecular weight is 474 g/mol. The Labute approximate surface area is 198 Å². The number of hydrogen-bond acceptors (Lipinski definition) is 4. The lowest BCUT2D eigenvalue weighted by molar-refractivity contribution is -0.671. The third kappa shape index (κ3) is 4.32. The molecule has 0 atom stereocenters. The molecule has 1 N–H and O–H groups in total. The van der Waals surface area contributed by atoms with Gasteiger partial charge in [0.15, 0.2) is 12.0 Å². The highest BCUT2D eigenvalue weighted by molar-refractivity contribution is 7.85. The first-order valence-corrected chi connectivity index (χ1v) is 12.7. The number of pyridine rings is 1. The number of hydrogen-bond donors (Lipinski definition) is 1. The lowest BCUT2D eigenvalue weighted by atomic mass is 9.99. The van der Waals surface area contributed by atoms with Gasteiger partial charge in [0.1, 0.15) is 6.54 Å². The molecule has 0 radical (unpaired) electrons. The molecular formula is C27H25N2O4S+. The maximum atomic E-state index is 11.1. The van der Waals surface area contributed by atoms with Gasteiger partial charge >= 0.3 is 0 Å². The second-order valence-corrected chi connectivity index (χ2v) is 10.1. The SMILES string of the molecule is Cc1ccc2cc(-c3cnc(-c4cc[n+](CCCS(=O)(=O)O)c5ccccc45)o3)ccc2c1C. The van der Waals surface area contributed by atoms with Crippen LogP contribution in [0.4, 0.5) is 0 Å². The van der Waals surface area contributed by atoms with Crippen molar-refractivity contribution >= 4 is 31.8 Å². The summed E-state index contributed by atoms with van der Waals surface area (Å²) in [6.45, 7) is 4.72. The topological polar surface area (TPSA) is 84.3 Å². The predicted molar refractivity (Wildman–Crippen MR) is 133 cm³/mol. The van der Waals surface area contributed by atoms with Crippen molar-refractivity contribution in [2.24, 2.45) is 0 Å². The molecular weight excluding hydrogens is 448 g/mol. The highest BCUT2D eigenvalue weighted by atomic mass is 32.2. The van der Waals surface area contributed by atoms with E-state index in [2.05, 4.69) is 49.2 Å². The molecule has 34 heavy (non-hydrogen) atoms. The molecule has 0 saturated carbocycles. The lowest BCUT2D eigenvalue weighted by Crippen LogP contribution is -2.35. The Morgan fingerprint density at radius 1 is 1.00 bits per heavy atom. The number of benzene rings is 3. The summed E-state index contributed by atoms with van der Waals surface area (Å²) < 4.78 is 39.3. The van der Waals surface area contributed by atoms with E-state index in [0.29, 0.717) is 24.6 Å². The van der Waals surface area contributed by atoms with Crippen LogP contribution in [-0.2, 0) is 16.7 Å². The van der Waals surface area contributed by atoms with Crippen molar-refractivity contribution in [3.8, 4) is 22.8 Å². The number of nitrogens with zero attached hydrogens (tertiary/aromatic N) is 2. The zero-order valence-electron chi connectivity index (χ0n) is 19.0. The summed E-state index contributed by atoms with van der Waals surface area (Å²) in [7, 11) is -3.98. The van der Waals surface area contributed by atoms with Crippen molar-refractivity contribution in [2.45, 2.75) is 26.8 Å². The molecule has 0 bridgehead atoms. The Kier molecular flexibility index (Phi) is 5.67. The molecule has 2 aromatic heterocycles. The van der Waals surface area contributed by atoms with Gasteiger partial charge in [0.25, 0.3) is 10.1 Å². The van der Waals surface area contributed by atoms with Crippen LogP contribution in [0.5, 0.6) is 0 Å². The second kappa shape index (κ2) is 8.66. The van der Waals surface area contributed by atoms with Gasteiger partial charge in [-0.1, -0.05) is 36.4 Å². The summed E-state index contributed by atoms with van der Waals surface area (Å²) in [5.74, 6) is 0.949. The Balaban J connectivity index is 1.50. The Morgan fingerprint density at radius 2 is 1.82 bits per heavy atom. The van der Waals surface area contributed by atoms with E-state index in [1.807, 2.05) is 41.1 Å². The molecule has 2 heterocycles. The third-order valence-corrected chi connectivity index (χ3v) is 7.11. The van der Waals surface area contributed by atoms with E-state index in [0.717, 1.165) is 27.4 Å². The predicted octanol–water partition coefficient (Wildman–Crippen LogP) is 5.50. The summed E-state index contributed by atoms with van der Waals surface area (Å²) in [5, 5.41) is 3.35. The van der Waals surface area contributed by atoms with Crippen LogP contribution in [0.25, 0.3) is 44.5 Å². The maximum Gasteiger partial charge on any atom is 0.265 e. The number of oxazole rings is 1. The molecule has 5 rings (SSSR count). The molecule has 0 fully saturated rings. The van der Waals surface area contributed by atoms with Crippen LogP contribution in [0.15, 0.2) is 77.5 Å².